The Hall–Kier alpha value is -0.810. The molecule has 0 aliphatic rings. The first-order valence-electron chi connectivity index (χ1n) is 4.64. The summed E-state index contributed by atoms with van der Waals surface area (Å²) in [4.78, 5) is 11.2. The van der Waals surface area contributed by atoms with Crippen molar-refractivity contribution in [3.63, 3.8) is 0 Å². The average Bonchev–Trinajstić information content (AvgIpc) is 2.00. The topological polar surface area (TPSA) is 70.6 Å². The highest BCUT2D eigenvalue weighted by atomic mass is 16.6. The third kappa shape index (κ3) is 6.68. The zero-order valence-electron chi connectivity index (χ0n) is 9.26. The maximum Gasteiger partial charge on any atom is 0.407 e. The van der Waals surface area contributed by atoms with Gasteiger partial charge in [0.1, 0.15) is 5.60 Å². The quantitative estimate of drug-likeness (QED) is 0.607. The highest BCUT2D eigenvalue weighted by molar-refractivity contribution is 5.68. The number of alkyl carbamates (subject to hydrolysis) is 1. The lowest BCUT2D eigenvalue weighted by atomic mass is 10.2. The molecule has 0 radical (unpaired) electrons. The minimum atomic E-state index is -0.510. The van der Waals surface area contributed by atoms with Gasteiger partial charge in [-0.2, -0.15) is 0 Å². The molecule has 5 nitrogen and oxygen atoms in total. The van der Waals surface area contributed by atoms with Crippen molar-refractivity contribution in [2.75, 3.05) is 20.2 Å². The monoisotopic (exact) mass is 204 g/mol. The van der Waals surface area contributed by atoms with Gasteiger partial charge in [-0.15, -0.1) is 0 Å². The molecule has 14 heavy (non-hydrogen) atoms. The minimum absolute atomic E-state index is 0.111. The summed E-state index contributed by atoms with van der Waals surface area (Å²) in [6, 6.07) is -0.310. The predicted octanol–water partition coefficient (Wildman–Crippen LogP) is 0.0914. The van der Waals surface area contributed by atoms with E-state index in [0.717, 1.165) is 0 Å². The number of aliphatic hydroxyl groups is 1. The smallest absolute Gasteiger partial charge is 0.407 e. The van der Waals surface area contributed by atoms with Crippen molar-refractivity contribution in [3.05, 3.63) is 0 Å². The normalized spacial score (nSPS) is 13.5. The van der Waals surface area contributed by atoms with Crippen LogP contribution in [0.25, 0.3) is 0 Å². The van der Waals surface area contributed by atoms with E-state index in [-0.39, 0.29) is 12.6 Å². The van der Waals surface area contributed by atoms with E-state index in [0.29, 0.717) is 6.54 Å². The molecule has 0 bridgehead atoms. The molecule has 0 aromatic rings. The maximum atomic E-state index is 11.2. The number of hydrogen-bond acceptors (Lipinski definition) is 4. The fraction of sp³-hybridized carbons (Fsp3) is 0.889. The number of rotatable bonds is 4. The fourth-order valence-electron chi connectivity index (χ4n) is 0.882. The zero-order chi connectivity index (χ0) is 11.2. The second kappa shape index (κ2) is 5.82. The molecule has 1 unspecified atom stereocenters. The van der Waals surface area contributed by atoms with Gasteiger partial charge in [0, 0.05) is 6.54 Å². The Morgan fingerprint density at radius 2 is 2.07 bits per heavy atom. The van der Waals surface area contributed by atoms with Crippen LogP contribution in [0.4, 0.5) is 4.79 Å². The lowest BCUT2D eigenvalue weighted by Gasteiger charge is -2.22. The molecule has 0 rings (SSSR count). The Kier molecular flexibility index (Phi) is 5.49. The molecule has 0 saturated carbocycles. The van der Waals surface area contributed by atoms with Gasteiger partial charge in [0.2, 0.25) is 0 Å². The number of carbonyl (C=O) groups excluding carboxylic acids is 1. The van der Waals surface area contributed by atoms with Gasteiger partial charge in [-0.3, -0.25) is 0 Å². The summed E-state index contributed by atoms with van der Waals surface area (Å²) in [5.41, 5.74) is -0.510. The van der Waals surface area contributed by atoms with Gasteiger partial charge in [-0.1, -0.05) is 0 Å². The third-order valence-electron chi connectivity index (χ3n) is 1.39. The Balaban J connectivity index is 3.91. The molecular weight excluding hydrogens is 184 g/mol. The highest BCUT2D eigenvalue weighted by Gasteiger charge is 2.18. The van der Waals surface area contributed by atoms with E-state index in [1.165, 1.54) is 0 Å². The molecule has 1 atom stereocenters. The van der Waals surface area contributed by atoms with Crippen molar-refractivity contribution in [2.24, 2.45) is 0 Å². The summed E-state index contributed by atoms with van der Waals surface area (Å²) in [5.74, 6) is 0. The van der Waals surface area contributed by atoms with Crippen LogP contribution in [0.1, 0.15) is 20.8 Å². The van der Waals surface area contributed by atoms with Crippen molar-refractivity contribution >= 4 is 6.09 Å². The number of amides is 1. The van der Waals surface area contributed by atoms with Crippen LogP contribution < -0.4 is 10.6 Å². The van der Waals surface area contributed by atoms with E-state index >= 15 is 0 Å². The van der Waals surface area contributed by atoms with Crippen molar-refractivity contribution in [3.8, 4) is 0 Å². The summed E-state index contributed by atoms with van der Waals surface area (Å²) < 4.78 is 5.03. The molecule has 3 N–H and O–H groups in total. The van der Waals surface area contributed by atoms with Crippen LogP contribution in [0.15, 0.2) is 0 Å². The van der Waals surface area contributed by atoms with Gasteiger partial charge in [-0.05, 0) is 27.8 Å². The SMILES string of the molecule is CNCC(CO)NC(=O)OC(C)(C)C. The van der Waals surface area contributed by atoms with E-state index in [1.807, 2.05) is 0 Å². The third-order valence-corrected chi connectivity index (χ3v) is 1.39. The van der Waals surface area contributed by atoms with Gasteiger partial charge < -0.3 is 20.5 Å². The first kappa shape index (κ1) is 13.2. The van der Waals surface area contributed by atoms with Crippen LogP contribution in [0, 0.1) is 0 Å². The molecule has 0 fully saturated rings. The highest BCUT2D eigenvalue weighted by Crippen LogP contribution is 2.06. The number of ether oxygens (including phenoxy) is 1. The molecule has 5 heteroatoms. The van der Waals surface area contributed by atoms with Crippen LogP contribution in [0.5, 0.6) is 0 Å². The average molecular weight is 204 g/mol. The Morgan fingerprint density at radius 1 is 1.50 bits per heavy atom. The molecule has 0 aromatic carbocycles. The molecule has 0 aliphatic carbocycles. The van der Waals surface area contributed by atoms with Gasteiger partial charge >= 0.3 is 6.09 Å². The summed E-state index contributed by atoms with van der Waals surface area (Å²) in [6.07, 6.45) is -0.508. The molecule has 0 saturated heterocycles. The molecule has 84 valence electrons. The summed E-state index contributed by atoms with van der Waals surface area (Å²) >= 11 is 0. The van der Waals surface area contributed by atoms with Crippen molar-refractivity contribution in [1.29, 1.82) is 0 Å². The van der Waals surface area contributed by atoms with E-state index < -0.39 is 11.7 Å². The van der Waals surface area contributed by atoms with Crippen LogP contribution in [0.3, 0.4) is 0 Å². The number of carbonyl (C=O) groups is 1. The zero-order valence-corrected chi connectivity index (χ0v) is 9.26. The molecular formula is C9H20N2O3. The summed E-state index contributed by atoms with van der Waals surface area (Å²) in [7, 11) is 1.75. The second-order valence-electron chi connectivity index (χ2n) is 4.08. The fourth-order valence-corrected chi connectivity index (χ4v) is 0.882. The Morgan fingerprint density at radius 3 is 2.43 bits per heavy atom. The Labute approximate surface area is 84.8 Å². The molecule has 0 aromatic heterocycles. The number of hydrogen-bond donors (Lipinski definition) is 3. The van der Waals surface area contributed by atoms with E-state index in [2.05, 4.69) is 10.6 Å². The molecule has 0 spiro atoms. The first-order chi connectivity index (χ1) is 6.39. The maximum absolute atomic E-state index is 11.2. The van der Waals surface area contributed by atoms with Crippen LogP contribution in [-0.2, 0) is 4.74 Å². The van der Waals surface area contributed by atoms with Gasteiger partial charge in [0.15, 0.2) is 0 Å². The largest absolute Gasteiger partial charge is 0.444 e. The lowest BCUT2D eigenvalue weighted by Crippen LogP contribution is -2.45. The lowest BCUT2D eigenvalue weighted by molar-refractivity contribution is 0.0483. The van der Waals surface area contributed by atoms with Gasteiger partial charge in [-0.25, -0.2) is 4.79 Å². The van der Waals surface area contributed by atoms with Gasteiger partial charge in [0.05, 0.1) is 12.6 Å². The van der Waals surface area contributed by atoms with Crippen LogP contribution in [-0.4, -0.2) is 43.0 Å². The van der Waals surface area contributed by atoms with Crippen molar-refractivity contribution in [1.82, 2.24) is 10.6 Å². The van der Waals surface area contributed by atoms with Gasteiger partial charge in [0.25, 0.3) is 0 Å². The van der Waals surface area contributed by atoms with Crippen LogP contribution >= 0.6 is 0 Å². The summed E-state index contributed by atoms with van der Waals surface area (Å²) in [6.45, 7) is 5.77. The molecule has 0 heterocycles. The van der Waals surface area contributed by atoms with E-state index in [1.54, 1.807) is 27.8 Å². The van der Waals surface area contributed by atoms with Crippen molar-refractivity contribution in [2.45, 2.75) is 32.4 Å². The molecule has 0 aliphatic heterocycles. The second-order valence-corrected chi connectivity index (χ2v) is 4.08. The first-order valence-corrected chi connectivity index (χ1v) is 4.64. The van der Waals surface area contributed by atoms with E-state index in [9.17, 15) is 4.79 Å². The minimum Gasteiger partial charge on any atom is -0.444 e. The predicted molar refractivity (Wildman–Crippen MR) is 54.2 cm³/mol. The number of likely N-dealkylation sites (N-methyl/N-ethyl adjacent to an activating group) is 1. The summed E-state index contributed by atoms with van der Waals surface area (Å²) in [5, 5.41) is 14.3. The van der Waals surface area contributed by atoms with Crippen LogP contribution in [0.2, 0.25) is 0 Å². The molecule has 1 amide bonds. The van der Waals surface area contributed by atoms with E-state index in [4.69, 9.17) is 9.84 Å². The Bertz CT molecular complexity index is 177. The number of aliphatic hydroxyl groups excluding tert-OH is 1. The number of nitrogens with one attached hydrogen (secondary N) is 2. The standard InChI is InChI=1S/C9H20N2O3/c1-9(2,3)14-8(13)11-7(6-12)5-10-4/h7,10,12H,5-6H2,1-4H3,(H,11,13). The van der Waals surface area contributed by atoms with Crippen molar-refractivity contribution < 1.29 is 14.6 Å².